The van der Waals surface area contributed by atoms with Crippen LogP contribution in [0.25, 0.3) is 4.85 Å². The van der Waals surface area contributed by atoms with Crippen LogP contribution in [0.4, 0.5) is 0 Å². The third-order valence-electron chi connectivity index (χ3n) is 1.95. The molecule has 1 heterocycles. The SMILES string of the molecule is Oc1csc(C#[N+]Cc2ccc(Cl)cc2)c1. The van der Waals surface area contributed by atoms with Crippen LogP contribution in [0.5, 0.6) is 5.75 Å². The van der Waals surface area contributed by atoms with Crippen molar-refractivity contribution in [3.8, 4) is 11.8 Å². The third-order valence-corrected chi connectivity index (χ3v) is 3.02. The summed E-state index contributed by atoms with van der Waals surface area (Å²) in [5.74, 6) is 0.259. The van der Waals surface area contributed by atoms with Gasteiger partial charge in [0.2, 0.25) is 0 Å². The fraction of sp³-hybridized carbons (Fsp3) is 0.0833. The van der Waals surface area contributed by atoms with E-state index in [1.165, 1.54) is 11.3 Å². The van der Waals surface area contributed by atoms with Gasteiger partial charge in [0, 0.05) is 22.0 Å². The summed E-state index contributed by atoms with van der Waals surface area (Å²) in [4.78, 5) is 4.99. The van der Waals surface area contributed by atoms with Gasteiger partial charge in [-0.15, -0.1) is 11.3 Å². The first-order valence-corrected chi connectivity index (χ1v) is 5.94. The molecule has 0 saturated heterocycles. The van der Waals surface area contributed by atoms with E-state index >= 15 is 0 Å². The van der Waals surface area contributed by atoms with Gasteiger partial charge in [-0.1, -0.05) is 16.4 Å². The summed E-state index contributed by atoms with van der Waals surface area (Å²) in [7, 11) is 0. The Balaban J connectivity index is 2.02. The van der Waals surface area contributed by atoms with Gasteiger partial charge < -0.3 is 5.11 Å². The zero-order valence-corrected chi connectivity index (χ0v) is 9.92. The Morgan fingerprint density at radius 2 is 2.06 bits per heavy atom. The second kappa shape index (κ2) is 5.02. The van der Waals surface area contributed by atoms with Crippen LogP contribution in [0.3, 0.4) is 0 Å². The van der Waals surface area contributed by atoms with E-state index in [0.29, 0.717) is 6.54 Å². The zero-order chi connectivity index (χ0) is 11.4. The highest BCUT2D eigenvalue weighted by atomic mass is 35.5. The second-order valence-electron chi connectivity index (χ2n) is 3.22. The molecule has 16 heavy (non-hydrogen) atoms. The molecule has 1 aromatic carbocycles. The van der Waals surface area contributed by atoms with E-state index in [1.807, 2.05) is 24.3 Å². The minimum absolute atomic E-state index is 0.259. The summed E-state index contributed by atoms with van der Waals surface area (Å²) in [6, 6.07) is 12.0. The van der Waals surface area contributed by atoms with E-state index in [9.17, 15) is 0 Å². The summed E-state index contributed by atoms with van der Waals surface area (Å²) in [5.41, 5.74) is 1.08. The van der Waals surface area contributed by atoms with Crippen LogP contribution >= 0.6 is 22.9 Å². The molecule has 0 aliphatic rings. The summed E-state index contributed by atoms with van der Waals surface area (Å²) in [5, 5.41) is 11.5. The van der Waals surface area contributed by atoms with Crippen molar-refractivity contribution in [2.24, 2.45) is 0 Å². The minimum Gasteiger partial charge on any atom is -0.507 e. The highest BCUT2D eigenvalue weighted by molar-refractivity contribution is 7.10. The average Bonchev–Trinajstić information content (AvgIpc) is 2.67. The van der Waals surface area contributed by atoms with E-state index in [-0.39, 0.29) is 5.75 Å². The first-order valence-electron chi connectivity index (χ1n) is 4.68. The number of hydrogen-bond acceptors (Lipinski definition) is 2. The summed E-state index contributed by atoms with van der Waals surface area (Å²) >= 11 is 7.18. The number of hydrogen-bond donors (Lipinski definition) is 1. The maximum Gasteiger partial charge on any atom is 0.322 e. The Morgan fingerprint density at radius 1 is 1.31 bits per heavy atom. The molecule has 2 rings (SSSR count). The van der Waals surface area contributed by atoms with Gasteiger partial charge >= 0.3 is 6.07 Å². The highest BCUT2D eigenvalue weighted by Gasteiger charge is 2.01. The van der Waals surface area contributed by atoms with Crippen LogP contribution in [0.2, 0.25) is 5.02 Å². The molecule has 0 aliphatic carbocycles. The fourth-order valence-electron chi connectivity index (χ4n) is 1.18. The Labute approximate surface area is 103 Å². The fourth-order valence-corrected chi connectivity index (χ4v) is 1.93. The van der Waals surface area contributed by atoms with E-state index < -0.39 is 0 Å². The molecule has 4 heteroatoms. The van der Waals surface area contributed by atoms with E-state index in [2.05, 4.69) is 10.9 Å². The molecule has 0 unspecified atom stereocenters. The molecule has 0 spiro atoms. The molecule has 80 valence electrons. The van der Waals surface area contributed by atoms with Gasteiger partial charge in [-0.2, -0.15) is 0 Å². The van der Waals surface area contributed by atoms with Gasteiger partial charge in [0.15, 0.2) is 4.88 Å². The van der Waals surface area contributed by atoms with Crippen molar-refractivity contribution in [1.29, 1.82) is 0 Å². The molecule has 0 saturated carbocycles. The van der Waals surface area contributed by atoms with Crippen LogP contribution in [-0.2, 0) is 6.54 Å². The Morgan fingerprint density at radius 3 is 2.69 bits per heavy atom. The second-order valence-corrected chi connectivity index (χ2v) is 4.57. The number of nitrogens with zero attached hydrogens (tertiary/aromatic N) is 1. The van der Waals surface area contributed by atoms with Crippen molar-refractivity contribution < 1.29 is 5.11 Å². The van der Waals surface area contributed by atoms with Crippen molar-refractivity contribution >= 4 is 22.9 Å². The molecule has 0 fully saturated rings. The van der Waals surface area contributed by atoms with Crippen molar-refractivity contribution in [2.75, 3.05) is 0 Å². The van der Waals surface area contributed by atoms with Gasteiger partial charge in [-0.25, -0.2) is 0 Å². The molecule has 2 nitrogen and oxygen atoms in total. The third kappa shape index (κ3) is 2.99. The molecule has 0 aliphatic heterocycles. The van der Waals surface area contributed by atoms with Crippen LogP contribution in [0, 0.1) is 6.07 Å². The van der Waals surface area contributed by atoms with Gasteiger partial charge in [-0.05, 0) is 24.3 Å². The van der Waals surface area contributed by atoms with Gasteiger partial charge in [0.25, 0.3) is 6.54 Å². The number of aromatic hydroxyl groups is 1. The van der Waals surface area contributed by atoms with Gasteiger partial charge in [-0.3, -0.25) is 0 Å². The summed E-state index contributed by atoms with van der Waals surface area (Å²) in [6.45, 7) is 0.565. The molecular weight excluding hydrogens is 242 g/mol. The Bertz CT molecular complexity index is 536. The molecule has 0 atom stereocenters. The molecular formula is C12H9ClNOS+. The van der Waals surface area contributed by atoms with Crippen LogP contribution in [-0.4, -0.2) is 5.11 Å². The monoisotopic (exact) mass is 250 g/mol. The number of benzene rings is 1. The number of halogens is 1. The smallest absolute Gasteiger partial charge is 0.322 e. The quantitative estimate of drug-likeness (QED) is 0.813. The Hall–Kier alpha value is -1.50. The maximum atomic E-state index is 9.11. The lowest BCUT2D eigenvalue weighted by molar-refractivity contribution is 0.478. The highest BCUT2D eigenvalue weighted by Crippen LogP contribution is 2.18. The largest absolute Gasteiger partial charge is 0.507 e. The molecule has 2 aromatic rings. The molecule has 0 bridgehead atoms. The van der Waals surface area contributed by atoms with Gasteiger partial charge in [0.1, 0.15) is 5.75 Å². The van der Waals surface area contributed by atoms with E-state index in [4.69, 9.17) is 16.7 Å². The van der Waals surface area contributed by atoms with Crippen molar-refractivity contribution in [3.63, 3.8) is 0 Å². The van der Waals surface area contributed by atoms with Crippen LogP contribution in [0.15, 0.2) is 35.7 Å². The number of rotatable bonds is 1. The predicted molar refractivity (Wildman–Crippen MR) is 67.5 cm³/mol. The lowest BCUT2D eigenvalue weighted by atomic mass is 10.2. The average molecular weight is 251 g/mol. The minimum atomic E-state index is 0.259. The lowest BCUT2D eigenvalue weighted by Crippen LogP contribution is -1.77. The van der Waals surface area contributed by atoms with E-state index in [0.717, 1.165) is 15.5 Å². The molecule has 0 radical (unpaired) electrons. The molecule has 1 N–H and O–H groups in total. The van der Waals surface area contributed by atoms with Crippen LogP contribution < -0.4 is 0 Å². The van der Waals surface area contributed by atoms with E-state index in [1.54, 1.807) is 11.4 Å². The first-order chi connectivity index (χ1) is 7.74. The zero-order valence-electron chi connectivity index (χ0n) is 8.35. The predicted octanol–water partition coefficient (Wildman–Crippen LogP) is 3.99. The first kappa shape index (κ1) is 11.0. The summed E-state index contributed by atoms with van der Waals surface area (Å²) in [6.07, 6.45) is 0. The maximum absolute atomic E-state index is 9.11. The normalized spacial score (nSPS) is 9.56. The summed E-state index contributed by atoms with van der Waals surface area (Å²) < 4.78 is 0. The molecule has 0 amide bonds. The number of thiophene rings is 1. The van der Waals surface area contributed by atoms with Crippen molar-refractivity contribution in [2.45, 2.75) is 6.54 Å². The van der Waals surface area contributed by atoms with Crippen molar-refractivity contribution in [1.82, 2.24) is 0 Å². The Kier molecular flexibility index (Phi) is 3.45. The topological polar surface area (TPSA) is 24.6 Å². The standard InChI is InChI=1S/C12H8ClNOS/c13-10-3-1-9(2-4-10)6-14-7-12-5-11(15)8-16-12/h1-5,8H,6H2/p+1. The molecule has 1 aromatic heterocycles. The van der Waals surface area contributed by atoms with Gasteiger partial charge in [0.05, 0.1) is 0 Å². The van der Waals surface area contributed by atoms with Crippen molar-refractivity contribution in [3.05, 3.63) is 56.0 Å². The lowest BCUT2D eigenvalue weighted by Gasteiger charge is -1.88. The van der Waals surface area contributed by atoms with Crippen LogP contribution in [0.1, 0.15) is 10.4 Å².